The van der Waals surface area contributed by atoms with Gasteiger partial charge in [0.25, 0.3) is 0 Å². The number of rotatable bonds is 2. The van der Waals surface area contributed by atoms with E-state index in [1.54, 1.807) is 0 Å². The van der Waals surface area contributed by atoms with Crippen LogP contribution >= 0.6 is 0 Å². The second kappa shape index (κ2) is 3.34. The Labute approximate surface area is 90.7 Å². The fraction of sp³-hybridized carbons (Fsp3) is 0.750. The van der Waals surface area contributed by atoms with Crippen LogP contribution in [0.15, 0.2) is 0 Å². The molecule has 0 aromatic carbocycles. The largest absolute Gasteiger partial charge is 0.331 e. The van der Waals surface area contributed by atoms with E-state index in [1.807, 2.05) is 0 Å². The predicted octanol–water partition coefficient (Wildman–Crippen LogP) is 1.59. The fourth-order valence-electron chi connectivity index (χ4n) is 2.69. The molecule has 1 atom stereocenters. The van der Waals surface area contributed by atoms with Gasteiger partial charge < -0.3 is 10.3 Å². The number of aromatic nitrogens is 2. The highest BCUT2D eigenvalue weighted by Gasteiger charge is 2.32. The van der Waals surface area contributed by atoms with Crippen LogP contribution in [0.25, 0.3) is 0 Å². The zero-order valence-corrected chi connectivity index (χ0v) is 9.37. The molecule has 3 rings (SSSR count). The molecule has 2 heterocycles. The van der Waals surface area contributed by atoms with Crippen molar-refractivity contribution in [1.29, 1.82) is 0 Å². The van der Waals surface area contributed by atoms with Gasteiger partial charge >= 0.3 is 0 Å². The van der Waals surface area contributed by atoms with Crippen molar-refractivity contribution in [1.82, 2.24) is 9.55 Å². The lowest BCUT2D eigenvalue weighted by Crippen LogP contribution is -2.27. The number of fused-ring (bicyclic) bond motifs is 1. The van der Waals surface area contributed by atoms with E-state index in [0.29, 0.717) is 5.92 Å². The van der Waals surface area contributed by atoms with E-state index in [2.05, 4.69) is 11.5 Å². The van der Waals surface area contributed by atoms with Gasteiger partial charge in [0.15, 0.2) is 0 Å². The Hall–Kier alpha value is -0.830. The van der Waals surface area contributed by atoms with Crippen LogP contribution in [-0.4, -0.2) is 16.1 Å². The first-order valence-electron chi connectivity index (χ1n) is 6.05. The number of nitrogens with zero attached hydrogens (tertiary/aromatic N) is 2. The van der Waals surface area contributed by atoms with Crippen LogP contribution in [0.5, 0.6) is 0 Å². The molecule has 0 spiro atoms. The second-order valence-electron chi connectivity index (χ2n) is 5.03. The first-order valence-corrected chi connectivity index (χ1v) is 6.05. The quantitative estimate of drug-likeness (QED) is 0.796. The molecule has 1 saturated carbocycles. The molecule has 0 bridgehead atoms. The zero-order chi connectivity index (χ0) is 10.4. The average Bonchev–Trinajstić information content (AvgIpc) is 3.04. The van der Waals surface area contributed by atoms with Gasteiger partial charge in [-0.3, -0.25) is 0 Å². The van der Waals surface area contributed by atoms with Gasteiger partial charge in [0.05, 0.1) is 5.69 Å². The maximum absolute atomic E-state index is 5.78. The zero-order valence-electron chi connectivity index (χ0n) is 9.37. The molecule has 2 aliphatic rings. The third kappa shape index (κ3) is 1.49. The second-order valence-corrected chi connectivity index (χ2v) is 5.03. The molecule has 0 saturated heterocycles. The Morgan fingerprint density at radius 3 is 2.87 bits per heavy atom. The molecule has 3 nitrogen and oxygen atoms in total. The number of nitrogens with two attached hydrogens (primary N) is 1. The first-order chi connectivity index (χ1) is 7.29. The number of aryl methyl sites for hydroxylation is 1. The molecule has 1 aliphatic heterocycles. The lowest BCUT2D eigenvalue weighted by molar-refractivity contribution is 0.370. The lowest BCUT2D eigenvalue weighted by atomic mass is 9.97. The summed E-state index contributed by atoms with van der Waals surface area (Å²) in [4.78, 5) is 4.75. The monoisotopic (exact) mass is 205 g/mol. The van der Waals surface area contributed by atoms with Crippen molar-refractivity contribution in [3.8, 4) is 0 Å². The van der Waals surface area contributed by atoms with Crippen molar-refractivity contribution < 1.29 is 0 Å². The number of hydrogen-bond donors (Lipinski definition) is 1. The van der Waals surface area contributed by atoms with Crippen LogP contribution in [0.1, 0.15) is 42.4 Å². The summed E-state index contributed by atoms with van der Waals surface area (Å²) in [5.74, 6) is 2.78. The molecule has 1 aromatic heterocycles. The minimum absolute atomic E-state index is 0.670. The van der Waals surface area contributed by atoms with E-state index in [9.17, 15) is 0 Å². The standard InChI is InChI=1S/C12H19N3/c1-8-11-5-2-9(6-13)7-15(11)12(14-8)10-3-4-10/h9-10H,2-7,13H2,1H3. The smallest absolute Gasteiger partial charge is 0.112 e. The van der Waals surface area contributed by atoms with E-state index in [-0.39, 0.29) is 0 Å². The summed E-state index contributed by atoms with van der Waals surface area (Å²) in [7, 11) is 0. The molecule has 82 valence electrons. The molecule has 1 unspecified atom stereocenters. The van der Waals surface area contributed by atoms with E-state index < -0.39 is 0 Å². The Morgan fingerprint density at radius 1 is 1.40 bits per heavy atom. The van der Waals surface area contributed by atoms with E-state index >= 15 is 0 Å². The molecule has 15 heavy (non-hydrogen) atoms. The van der Waals surface area contributed by atoms with Gasteiger partial charge in [-0.25, -0.2) is 4.98 Å². The van der Waals surface area contributed by atoms with Gasteiger partial charge in [-0.2, -0.15) is 0 Å². The molecule has 1 fully saturated rings. The highest BCUT2D eigenvalue weighted by molar-refractivity contribution is 5.22. The number of imidazole rings is 1. The van der Waals surface area contributed by atoms with Gasteiger partial charge in [0.1, 0.15) is 5.82 Å². The van der Waals surface area contributed by atoms with E-state index in [1.165, 1.54) is 42.9 Å². The summed E-state index contributed by atoms with van der Waals surface area (Å²) < 4.78 is 2.47. The molecule has 1 aliphatic carbocycles. The Balaban J connectivity index is 1.98. The molecule has 0 radical (unpaired) electrons. The van der Waals surface area contributed by atoms with Crippen molar-refractivity contribution in [2.75, 3.05) is 6.54 Å². The van der Waals surface area contributed by atoms with Crippen LogP contribution in [-0.2, 0) is 13.0 Å². The molecule has 3 heteroatoms. The van der Waals surface area contributed by atoms with Crippen molar-refractivity contribution in [2.24, 2.45) is 11.7 Å². The average molecular weight is 205 g/mol. The number of hydrogen-bond acceptors (Lipinski definition) is 2. The van der Waals surface area contributed by atoms with Crippen molar-refractivity contribution in [2.45, 2.75) is 45.1 Å². The predicted molar refractivity (Wildman–Crippen MR) is 59.8 cm³/mol. The summed E-state index contributed by atoms with van der Waals surface area (Å²) >= 11 is 0. The Kier molecular flexibility index (Phi) is 2.09. The summed E-state index contributed by atoms with van der Waals surface area (Å²) in [6.45, 7) is 4.08. The maximum atomic E-state index is 5.78. The maximum Gasteiger partial charge on any atom is 0.112 e. The van der Waals surface area contributed by atoms with E-state index in [0.717, 1.165) is 19.0 Å². The van der Waals surface area contributed by atoms with Crippen LogP contribution in [0, 0.1) is 12.8 Å². The van der Waals surface area contributed by atoms with Gasteiger partial charge in [-0.05, 0) is 45.1 Å². The minimum atomic E-state index is 0.670. The van der Waals surface area contributed by atoms with Crippen molar-refractivity contribution in [3.63, 3.8) is 0 Å². The SMILES string of the molecule is Cc1nc(C2CC2)n2c1CCC(CN)C2. The molecular formula is C12H19N3. The van der Waals surface area contributed by atoms with Crippen LogP contribution in [0.4, 0.5) is 0 Å². The lowest BCUT2D eigenvalue weighted by Gasteiger charge is -2.24. The summed E-state index contributed by atoms with van der Waals surface area (Å²) in [5, 5.41) is 0. The molecule has 0 amide bonds. The molecule has 1 aromatic rings. The summed E-state index contributed by atoms with van der Waals surface area (Å²) in [6, 6.07) is 0. The molecule has 2 N–H and O–H groups in total. The summed E-state index contributed by atoms with van der Waals surface area (Å²) in [5.41, 5.74) is 8.51. The minimum Gasteiger partial charge on any atom is -0.331 e. The van der Waals surface area contributed by atoms with Crippen LogP contribution in [0.2, 0.25) is 0 Å². The van der Waals surface area contributed by atoms with Crippen molar-refractivity contribution in [3.05, 3.63) is 17.2 Å². The topological polar surface area (TPSA) is 43.8 Å². The van der Waals surface area contributed by atoms with Gasteiger partial charge in [-0.15, -0.1) is 0 Å². The Bertz CT molecular complexity index is 376. The normalized spacial score (nSPS) is 25.3. The molecular weight excluding hydrogens is 186 g/mol. The summed E-state index contributed by atoms with van der Waals surface area (Å²) in [6.07, 6.45) is 5.09. The highest BCUT2D eigenvalue weighted by atomic mass is 15.1. The third-order valence-electron chi connectivity index (χ3n) is 3.81. The van der Waals surface area contributed by atoms with Crippen molar-refractivity contribution >= 4 is 0 Å². The van der Waals surface area contributed by atoms with E-state index in [4.69, 9.17) is 10.7 Å². The highest BCUT2D eigenvalue weighted by Crippen LogP contribution is 2.41. The van der Waals surface area contributed by atoms with Gasteiger partial charge in [0, 0.05) is 18.2 Å². The third-order valence-corrected chi connectivity index (χ3v) is 3.81. The fourth-order valence-corrected chi connectivity index (χ4v) is 2.69. The van der Waals surface area contributed by atoms with Crippen LogP contribution in [0.3, 0.4) is 0 Å². The van der Waals surface area contributed by atoms with Gasteiger partial charge in [0.2, 0.25) is 0 Å². The first kappa shape index (κ1) is 9.40. The van der Waals surface area contributed by atoms with Gasteiger partial charge in [-0.1, -0.05) is 0 Å². The Morgan fingerprint density at radius 2 is 2.20 bits per heavy atom. The van der Waals surface area contributed by atoms with Crippen LogP contribution < -0.4 is 5.73 Å².